The summed E-state index contributed by atoms with van der Waals surface area (Å²) in [5.74, 6) is 0.872. The summed E-state index contributed by atoms with van der Waals surface area (Å²) in [6.45, 7) is 4.32. The Bertz CT molecular complexity index is 429. The Labute approximate surface area is 122 Å². The number of benzene rings is 1. The van der Waals surface area contributed by atoms with Crippen LogP contribution in [0, 0.1) is 12.8 Å². The summed E-state index contributed by atoms with van der Waals surface area (Å²) < 4.78 is 0. The second kappa shape index (κ2) is 6.28. The lowest BCUT2D eigenvalue weighted by molar-refractivity contribution is 0.367. The molecular weight excluding hydrogens is 254 g/mol. The summed E-state index contributed by atoms with van der Waals surface area (Å²) in [4.78, 5) is 0. The summed E-state index contributed by atoms with van der Waals surface area (Å²) in [7, 11) is 0. The molecule has 2 rings (SSSR count). The first-order chi connectivity index (χ1) is 9.05. The van der Waals surface area contributed by atoms with Crippen molar-refractivity contribution in [1.82, 2.24) is 0 Å². The van der Waals surface area contributed by atoms with E-state index >= 15 is 0 Å². The lowest BCUT2D eigenvalue weighted by Gasteiger charge is -2.29. The van der Waals surface area contributed by atoms with Gasteiger partial charge in [-0.1, -0.05) is 56.3 Å². The summed E-state index contributed by atoms with van der Waals surface area (Å²) in [6.07, 6.45) is 8.67. The third kappa shape index (κ3) is 3.52. The van der Waals surface area contributed by atoms with E-state index in [1.165, 1.54) is 37.7 Å². The van der Waals surface area contributed by atoms with Gasteiger partial charge in [-0.25, -0.2) is 0 Å². The fourth-order valence-corrected chi connectivity index (χ4v) is 3.51. The van der Waals surface area contributed by atoms with E-state index in [0.29, 0.717) is 0 Å². The number of aryl methyl sites for hydroxylation is 1. The fraction of sp³-hybridized carbons (Fsp3) is 0.647. The minimum atomic E-state index is -0.167. The molecule has 19 heavy (non-hydrogen) atoms. The van der Waals surface area contributed by atoms with Gasteiger partial charge >= 0.3 is 0 Å². The second-order valence-electron chi connectivity index (χ2n) is 6.21. The zero-order valence-electron chi connectivity index (χ0n) is 12.2. The number of halogens is 1. The molecule has 1 nitrogen and oxygen atoms in total. The average Bonchev–Trinajstić information content (AvgIpc) is 2.57. The van der Waals surface area contributed by atoms with Gasteiger partial charge in [-0.3, -0.25) is 0 Å². The maximum absolute atomic E-state index is 6.70. The van der Waals surface area contributed by atoms with Crippen LogP contribution < -0.4 is 5.73 Å². The number of hydrogen-bond donors (Lipinski definition) is 1. The Hall–Kier alpha value is -0.530. The van der Waals surface area contributed by atoms with Crippen molar-refractivity contribution in [1.29, 1.82) is 0 Å². The normalized spacial score (nSPS) is 28.1. The van der Waals surface area contributed by atoms with Crippen LogP contribution in [0.5, 0.6) is 0 Å². The van der Waals surface area contributed by atoms with Crippen molar-refractivity contribution in [3.63, 3.8) is 0 Å². The van der Waals surface area contributed by atoms with Gasteiger partial charge in [0, 0.05) is 10.6 Å². The Morgan fingerprint density at radius 1 is 1.32 bits per heavy atom. The van der Waals surface area contributed by atoms with Crippen LogP contribution >= 0.6 is 11.6 Å². The van der Waals surface area contributed by atoms with Gasteiger partial charge in [-0.05, 0) is 49.3 Å². The van der Waals surface area contributed by atoms with Crippen LogP contribution in [0.4, 0.5) is 0 Å². The molecule has 1 fully saturated rings. The molecule has 2 atom stereocenters. The highest BCUT2D eigenvalue weighted by molar-refractivity contribution is 6.31. The van der Waals surface area contributed by atoms with Gasteiger partial charge in [0.05, 0.1) is 0 Å². The first-order valence-corrected chi connectivity index (χ1v) is 7.98. The molecule has 0 radical (unpaired) electrons. The molecule has 0 bridgehead atoms. The molecule has 0 aromatic heterocycles. The molecule has 106 valence electrons. The smallest absolute Gasteiger partial charge is 0.0438 e. The van der Waals surface area contributed by atoms with Gasteiger partial charge in [-0.15, -0.1) is 0 Å². The molecule has 0 heterocycles. The molecule has 0 saturated heterocycles. The van der Waals surface area contributed by atoms with Crippen molar-refractivity contribution >= 4 is 11.6 Å². The first-order valence-electron chi connectivity index (χ1n) is 7.60. The lowest BCUT2D eigenvalue weighted by Crippen LogP contribution is -2.36. The number of hydrogen-bond acceptors (Lipinski definition) is 1. The van der Waals surface area contributed by atoms with Gasteiger partial charge in [0.15, 0.2) is 0 Å². The number of nitrogens with two attached hydrogens (primary N) is 1. The Morgan fingerprint density at radius 2 is 2.11 bits per heavy atom. The summed E-state index contributed by atoms with van der Waals surface area (Å²) in [5.41, 5.74) is 8.89. The average molecular weight is 280 g/mol. The molecule has 1 aliphatic carbocycles. The predicted octanol–water partition coefficient (Wildman–Crippen LogP) is 5.18. The molecule has 0 aliphatic heterocycles. The van der Waals surface area contributed by atoms with Crippen LogP contribution in [0.1, 0.15) is 63.0 Å². The van der Waals surface area contributed by atoms with E-state index in [9.17, 15) is 0 Å². The summed E-state index contributed by atoms with van der Waals surface area (Å²) in [6, 6.07) is 6.35. The molecule has 2 unspecified atom stereocenters. The molecular formula is C17H26ClN. The molecule has 1 saturated carbocycles. The third-order valence-electron chi connectivity index (χ3n) is 4.68. The van der Waals surface area contributed by atoms with Crippen molar-refractivity contribution in [3.05, 3.63) is 34.3 Å². The van der Waals surface area contributed by atoms with E-state index in [1.54, 1.807) is 0 Å². The zero-order valence-corrected chi connectivity index (χ0v) is 13.0. The van der Waals surface area contributed by atoms with E-state index in [1.807, 2.05) is 6.92 Å². The molecule has 1 aromatic carbocycles. The maximum atomic E-state index is 6.70. The van der Waals surface area contributed by atoms with E-state index in [0.717, 1.165) is 29.3 Å². The van der Waals surface area contributed by atoms with E-state index < -0.39 is 0 Å². The van der Waals surface area contributed by atoms with E-state index in [2.05, 4.69) is 25.1 Å². The van der Waals surface area contributed by atoms with Crippen molar-refractivity contribution in [3.8, 4) is 0 Å². The van der Waals surface area contributed by atoms with E-state index in [-0.39, 0.29) is 5.54 Å². The van der Waals surface area contributed by atoms with Gasteiger partial charge < -0.3 is 5.73 Å². The maximum Gasteiger partial charge on any atom is 0.0438 e. The lowest BCUT2D eigenvalue weighted by atomic mass is 9.83. The standard InChI is InChI=1S/C17H26ClN/c1-3-5-14-6-4-10-17(19,11-9-14)15-8-7-13(2)16(18)12-15/h7-8,12,14H,3-6,9-11,19H2,1-2H3. The predicted molar refractivity (Wildman–Crippen MR) is 83.5 cm³/mol. The van der Waals surface area contributed by atoms with Crippen LogP contribution in [-0.2, 0) is 5.54 Å². The highest BCUT2D eigenvalue weighted by Crippen LogP contribution is 2.38. The summed E-state index contributed by atoms with van der Waals surface area (Å²) >= 11 is 6.26. The zero-order chi connectivity index (χ0) is 13.9. The Balaban J connectivity index is 2.15. The van der Waals surface area contributed by atoms with Gasteiger partial charge in [0.25, 0.3) is 0 Å². The molecule has 1 aromatic rings. The van der Waals surface area contributed by atoms with Crippen molar-refractivity contribution in [2.24, 2.45) is 11.7 Å². The molecule has 2 N–H and O–H groups in total. The van der Waals surface area contributed by atoms with Crippen LogP contribution in [-0.4, -0.2) is 0 Å². The highest BCUT2D eigenvalue weighted by Gasteiger charge is 2.31. The van der Waals surface area contributed by atoms with Crippen molar-refractivity contribution < 1.29 is 0 Å². The molecule has 0 amide bonds. The monoisotopic (exact) mass is 279 g/mol. The van der Waals surface area contributed by atoms with Crippen LogP contribution in [0.15, 0.2) is 18.2 Å². The van der Waals surface area contributed by atoms with Gasteiger partial charge in [0.2, 0.25) is 0 Å². The minimum absolute atomic E-state index is 0.167. The molecule has 0 spiro atoms. The van der Waals surface area contributed by atoms with Crippen LogP contribution in [0.25, 0.3) is 0 Å². The first kappa shape index (κ1) is 14.9. The molecule has 2 heteroatoms. The highest BCUT2D eigenvalue weighted by atomic mass is 35.5. The SMILES string of the molecule is CCCC1CCCC(N)(c2ccc(C)c(Cl)c2)CC1. The van der Waals surface area contributed by atoms with Crippen LogP contribution in [0.2, 0.25) is 5.02 Å². The summed E-state index contributed by atoms with van der Waals surface area (Å²) in [5, 5.41) is 0.844. The molecule has 1 aliphatic rings. The topological polar surface area (TPSA) is 26.0 Å². The quantitative estimate of drug-likeness (QED) is 0.758. The second-order valence-corrected chi connectivity index (χ2v) is 6.61. The fourth-order valence-electron chi connectivity index (χ4n) is 3.33. The van der Waals surface area contributed by atoms with Gasteiger partial charge in [-0.2, -0.15) is 0 Å². The van der Waals surface area contributed by atoms with Gasteiger partial charge in [0.1, 0.15) is 0 Å². The third-order valence-corrected chi connectivity index (χ3v) is 5.08. The van der Waals surface area contributed by atoms with Crippen LogP contribution in [0.3, 0.4) is 0 Å². The van der Waals surface area contributed by atoms with E-state index in [4.69, 9.17) is 17.3 Å². The van der Waals surface area contributed by atoms with Crippen molar-refractivity contribution in [2.75, 3.05) is 0 Å². The largest absolute Gasteiger partial charge is 0.321 e. The Morgan fingerprint density at radius 3 is 2.79 bits per heavy atom. The minimum Gasteiger partial charge on any atom is -0.321 e. The Kier molecular flexibility index (Phi) is 4.92. The van der Waals surface area contributed by atoms with Crippen molar-refractivity contribution in [2.45, 2.75) is 64.3 Å². The number of rotatable bonds is 3.